The van der Waals surface area contributed by atoms with E-state index in [1.54, 1.807) is 14.7 Å². The van der Waals surface area contributed by atoms with Crippen LogP contribution in [0, 0.1) is 5.92 Å². The predicted molar refractivity (Wildman–Crippen MR) is 199 cm³/mol. The Morgan fingerprint density at radius 2 is 1.37 bits per heavy atom. The van der Waals surface area contributed by atoms with Crippen molar-refractivity contribution in [3.8, 4) is 0 Å². The largest absolute Gasteiger partial charge is 0.432 e. The van der Waals surface area contributed by atoms with Crippen molar-refractivity contribution in [1.82, 2.24) is 0 Å². The fraction of sp³-hybridized carbons (Fsp3) is 0.341. The van der Waals surface area contributed by atoms with Crippen molar-refractivity contribution in [1.29, 1.82) is 0 Å². The van der Waals surface area contributed by atoms with Gasteiger partial charge in [-0.2, -0.15) is 0 Å². The monoisotopic (exact) mass is 701 g/mol. The molecule has 1 spiro atoms. The van der Waals surface area contributed by atoms with E-state index in [1.807, 2.05) is 105 Å². The molecule has 0 aliphatic carbocycles. The highest BCUT2D eigenvalue weighted by atomic mass is 28.4. The number of benzene rings is 4. The molecule has 4 heterocycles. The van der Waals surface area contributed by atoms with Crippen LogP contribution in [0.2, 0.25) is 18.6 Å². The molecule has 4 aromatic carbocycles. The molecule has 2 N–H and O–H groups in total. The summed E-state index contributed by atoms with van der Waals surface area (Å²) in [5.41, 5.74) is 5.73. The van der Waals surface area contributed by atoms with Gasteiger partial charge >= 0.3 is 0 Å². The maximum Gasteiger partial charge on any atom is 0.264 e. The van der Waals surface area contributed by atoms with E-state index >= 15 is 4.79 Å². The number of rotatable bonds is 7. The Labute approximate surface area is 299 Å². The number of para-hydroxylation sites is 2. The molecule has 1 fully saturated rings. The molecule has 4 aliphatic heterocycles. The van der Waals surface area contributed by atoms with Gasteiger partial charge in [-0.25, -0.2) is 0 Å². The molecule has 3 amide bonds. The van der Waals surface area contributed by atoms with Crippen molar-refractivity contribution >= 4 is 54.5 Å². The Morgan fingerprint density at radius 1 is 0.765 bits per heavy atom. The molecule has 51 heavy (non-hydrogen) atoms. The second-order valence-electron chi connectivity index (χ2n) is 14.9. The number of fused-ring (bicyclic) bond motifs is 4. The molecule has 8 rings (SSSR count). The van der Waals surface area contributed by atoms with Crippen LogP contribution in [0.4, 0.5) is 28.4 Å². The van der Waals surface area contributed by atoms with E-state index in [1.165, 1.54) is 0 Å². The summed E-state index contributed by atoms with van der Waals surface area (Å²) < 4.78 is 6.89. The molecule has 4 aliphatic rings. The molecule has 4 aromatic rings. The second-order valence-corrected chi connectivity index (χ2v) is 18.8. The Balaban J connectivity index is 1.23. The first-order valence-corrected chi connectivity index (χ1v) is 20.9. The topological polar surface area (TPSA) is 111 Å². The minimum Gasteiger partial charge on any atom is -0.432 e. The van der Waals surface area contributed by atoms with Crippen LogP contribution in [-0.4, -0.2) is 48.7 Å². The van der Waals surface area contributed by atoms with Gasteiger partial charge in [0, 0.05) is 47.8 Å². The SMILES string of the molecule is C[C@@H]1[C@@H]([Si](C)(C)O)[C@H](CCO)O[C@@]12C(=O)N(Cc1cccc(N3C(=O)CCc4ccccc43)c1)c1ccc(N3C(=O)CCc4ccccc43)cc12. The van der Waals surface area contributed by atoms with E-state index in [-0.39, 0.29) is 36.4 Å². The van der Waals surface area contributed by atoms with E-state index in [0.29, 0.717) is 49.0 Å². The van der Waals surface area contributed by atoms with Crippen molar-refractivity contribution in [3.63, 3.8) is 0 Å². The van der Waals surface area contributed by atoms with E-state index < -0.39 is 25.9 Å². The summed E-state index contributed by atoms with van der Waals surface area (Å²) in [6.45, 7) is 5.80. The number of amides is 3. The van der Waals surface area contributed by atoms with Crippen LogP contribution in [0.15, 0.2) is 91.0 Å². The first-order valence-electron chi connectivity index (χ1n) is 17.9. The van der Waals surface area contributed by atoms with Crippen molar-refractivity contribution in [2.75, 3.05) is 21.3 Å². The van der Waals surface area contributed by atoms with Gasteiger partial charge < -0.3 is 19.5 Å². The van der Waals surface area contributed by atoms with Crippen LogP contribution < -0.4 is 14.7 Å². The Hall–Kier alpha value is -4.61. The number of aliphatic hydroxyl groups is 1. The average Bonchev–Trinajstić information content (AvgIpc) is 3.54. The molecular weight excluding hydrogens is 659 g/mol. The zero-order valence-electron chi connectivity index (χ0n) is 29.2. The number of carbonyl (C=O) groups excluding carboxylic acids is 3. The summed E-state index contributed by atoms with van der Waals surface area (Å²) in [6.07, 6.45) is 1.94. The predicted octanol–water partition coefficient (Wildman–Crippen LogP) is 6.64. The number of hydrogen-bond donors (Lipinski definition) is 2. The lowest BCUT2D eigenvalue weighted by Crippen LogP contribution is -2.46. The highest BCUT2D eigenvalue weighted by Gasteiger charge is 2.66. The van der Waals surface area contributed by atoms with Crippen LogP contribution >= 0.6 is 0 Å². The lowest BCUT2D eigenvalue weighted by molar-refractivity contribution is -0.146. The van der Waals surface area contributed by atoms with Crippen molar-refractivity contribution in [3.05, 3.63) is 113 Å². The van der Waals surface area contributed by atoms with Crippen molar-refractivity contribution < 1.29 is 29.0 Å². The molecule has 0 unspecified atom stereocenters. The third-order valence-electron chi connectivity index (χ3n) is 11.3. The zero-order valence-corrected chi connectivity index (χ0v) is 30.2. The van der Waals surface area contributed by atoms with Gasteiger partial charge in [0.05, 0.1) is 29.7 Å². The van der Waals surface area contributed by atoms with Crippen LogP contribution in [-0.2, 0) is 44.1 Å². The standard InChI is InChI=1S/C41H43N3O6Si/c1-26-39(51(2,3)49)36(21-22-45)50-41(26)32-24-31(44-34-14-7-5-11-29(34)16-20-38(44)47)17-18-35(32)42(40(41)48)25-27-9-8-12-30(23-27)43-33-13-6-4-10-28(33)15-19-37(43)46/h4-14,17-18,23-24,26,36,39,45,49H,15-16,19-22,25H2,1-3H3/t26-,36+,39-,41+/m1/s1. The highest BCUT2D eigenvalue weighted by Crippen LogP contribution is 2.60. The fourth-order valence-corrected chi connectivity index (χ4v) is 11.8. The van der Waals surface area contributed by atoms with Gasteiger partial charge in [0.1, 0.15) is 0 Å². The maximum absolute atomic E-state index is 15.1. The number of carbonyl (C=O) groups is 3. The molecule has 0 bridgehead atoms. The van der Waals surface area contributed by atoms with E-state index in [2.05, 4.69) is 6.07 Å². The van der Waals surface area contributed by atoms with Gasteiger partial charge in [-0.05, 0) is 91.5 Å². The first kappa shape index (κ1) is 33.5. The van der Waals surface area contributed by atoms with E-state index in [4.69, 9.17) is 4.74 Å². The molecule has 0 radical (unpaired) electrons. The highest BCUT2D eigenvalue weighted by molar-refractivity contribution is 6.71. The summed E-state index contributed by atoms with van der Waals surface area (Å²) >= 11 is 0. The lowest BCUT2D eigenvalue weighted by atomic mass is 9.82. The van der Waals surface area contributed by atoms with Crippen molar-refractivity contribution in [2.45, 2.75) is 75.9 Å². The average molecular weight is 702 g/mol. The molecule has 10 heteroatoms. The molecule has 1 saturated heterocycles. The maximum atomic E-state index is 15.1. The molecule has 4 atom stereocenters. The fourth-order valence-electron chi connectivity index (χ4n) is 9.16. The number of anilines is 5. The summed E-state index contributed by atoms with van der Waals surface area (Å²) in [5, 5.41) is 10.1. The van der Waals surface area contributed by atoms with Crippen LogP contribution in [0.25, 0.3) is 0 Å². The number of aliphatic hydroxyl groups excluding tert-OH is 1. The summed E-state index contributed by atoms with van der Waals surface area (Å²) in [5.74, 6) is -0.639. The Kier molecular flexibility index (Phi) is 8.25. The molecular formula is C41H43N3O6Si. The number of aryl methyl sites for hydroxylation is 2. The first-order chi connectivity index (χ1) is 24.5. The van der Waals surface area contributed by atoms with E-state index in [9.17, 15) is 19.5 Å². The van der Waals surface area contributed by atoms with Gasteiger partial charge in [-0.3, -0.25) is 24.2 Å². The van der Waals surface area contributed by atoms with Gasteiger partial charge in [-0.1, -0.05) is 55.5 Å². The third-order valence-corrected chi connectivity index (χ3v) is 13.8. The molecule has 262 valence electrons. The van der Waals surface area contributed by atoms with Crippen LogP contribution in [0.5, 0.6) is 0 Å². The van der Waals surface area contributed by atoms with Gasteiger partial charge in [0.15, 0.2) is 13.9 Å². The quantitative estimate of drug-likeness (QED) is 0.209. The normalized spacial score (nSPS) is 24.3. The number of hydrogen-bond acceptors (Lipinski definition) is 6. The minimum atomic E-state index is -2.90. The summed E-state index contributed by atoms with van der Waals surface area (Å²) in [7, 11) is -2.90. The zero-order chi connectivity index (χ0) is 35.7. The van der Waals surface area contributed by atoms with Gasteiger partial charge in [0.25, 0.3) is 5.91 Å². The Bertz CT molecular complexity index is 2060. The minimum absolute atomic E-state index is 0.0187. The van der Waals surface area contributed by atoms with Crippen molar-refractivity contribution in [2.24, 2.45) is 5.92 Å². The van der Waals surface area contributed by atoms with Crippen LogP contribution in [0.3, 0.4) is 0 Å². The van der Waals surface area contributed by atoms with E-state index in [0.717, 1.165) is 33.8 Å². The molecule has 0 saturated carbocycles. The van der Waals surface area contributed by atoms with Gasteiger partial charge in [0.2, 0.25) is 11.8 Å². The molecule has 0 aromatic heterocycles. The smallest absolute Gasteiger partial charge is 0.264 e. The summed E-state index contributed by atoms with van der Waals surface area (Å²) in [4.78, 5) is 58.7. The lowest BCUT2D eigenvalue weighted by Gasteiger charge is -2.33. The number of ether oxygens (including phenoxy) is 1. The Morgan fingerprint density at radius 3 is 1.98 bits per heavy atom. The van der Waals surface area contributed by atoms with Crippen LogP contribution in [0.1, 0.15) is 48.4 Å². The second kappa shape index (κ2) is 12.6. The van der Waals surface area contributed by atoms with Gasteiger partial charge in [-0.15, -0.1) is 0 Å². The number of nitrogens with zero attached hydrogens (tertiary/aromatic N) is 3. The summed E-state index contributed by atoms with van der Waals surface area (Å²) in [6, 6.07) is 29.3. The molecule has 9 nitrogen and oxygen atoms in total. The third kappa shape index (κ3) is 5.35.